The SMILES string of the molecule is Cc1cc(CNC(=O)c2ncccc2-c2cccc(CN)c2)on1. The van der Waals surface area contributed by atoms with E-state index >= 15 is 0 Å². The lowest BCUT2D eigenvalue weighted by atomic mass is 10.0. The summed E-state index contributed by atoms with van der Waals surface area (Å²) in [6.45, 7) is 2.54. The number of rotatable bonds is 5. The van der Waals surface area contributed by atoms with E-state index in [1.165, 1.54) is 0 Å². The molecule has 3 aromatic rings. The van der Waals surface area contributed by atoms with E-state index < -0.39 is 0 Å². The lowest BCUT2D eigenvalue weighted by Gasteiger charge is -2.09. The number of amides is 1. The average Bonchev–Trinajstić information content (AvgIpc) is 3.05. The minimum Gasteiger partial charge on any atom is -0.359 e. The molecule has 6 nitrogen and oxygen atoms in total. The summed E-state index contributed by atoms with van der Waals surface area (Å²) in [6, 6.07) is 13.2. The number of benzene rings is 1. The number of aromatic nitrogens is 2. The van der Waals surface area contributed by atoms with Gasteiger partial charge >= 0.3 is 0 Å². The molecule has 0 atom stereocenters. The maximum absolute atomic E-state index is 12.5. The molecule has 2 aromatic heterocycles. The monoisotopic (exact) mass is 322 g/mol. The number of aryl methyl sites for hydroxylation is 1. The molecule has 0 unspecified atom stereocenters. The van der Waals surface area contributed by atoms with Gasteiger partial charge in [0.15, 0.2) is 5.76 Å². The molecule has 3 N–H and O–H groups in total. The normalized spacial score (nSPS) is 10.6. The van der Waals surface area contributed by atoms with Gasteiger partial charge in [0.05, 0.1) is 12.2 Å². The van der Waals surface area contributed by atoms with Crippen molar-refractivity contribution in [1.82, 2.24) is 15.5 Å². The molecular weight excluding hydrogens is 304 g/mol. The molecule has 6 heteroatoms. The molecule has 0 saturated carbocycles. The Morgan fingerprint density at radius 3 is 2.88 bits per heavy atom. The maximum atomic E-state index is 12.5. The van der Waals surface area contributed by atoms with Crippen LogP contribution in [0.15, 0.2) is 53.2 Å². The second kappa shape index (κ2) is 7.06. The minimum absolute atomic E-state index is 0.262. The quantitative estimate of drug-likeness (QED) is 0.752. The molecule has 0 saturated heterocycles. The average molecular weight is 322 g/mol. The molecule has 2 heterocycles. The third-order valence-corrected chi connectivity index (χ3v) is 3.60. The van der Waals surface area contributed by atoms with Gasteiger partial charge in [-0.25, -0.2) is 0 Å². The van der Waals surface area contributed by atoms with Crippen molar-refractivity contribution in [2.24, 2.45) is 5.73 Å². The summed E-state index contributed by atoms with van der Waals surface area (Å²) in [4.78, 5) is 16.8. The Bertz CT molecular complexity index is 857. The molecule has 0 fully saturated rings. The number of nitrogens with two attached hydrogens (primary N) is 1. The maximum Gasteiger partial charge on any atom is 0.270 e. The lowest BCUT2D eigenvalue weighted by molar-refractivity contribution is 0.0943. The van der Waals surface area contributed by atoms with Crippen LogP contribution in [0.5, 0.6) is 0 Å². The second-order valence-electron chi connectivity index (χ2n) is 5.42. The summed E-state index contributed by atoms with van der Waals surface area (Å²) in [6.07, 6.45) is 1.60. The van der Waals surface area contributed by atoms with Crippen LogP contribution in [0.2, 0.25) is 0 Å². The van der Waals surface area contributed by atoms with E-state index in [2.05, 4.69) is 15.5 Å². The van der Waals surface area contributed by atoms with E-state index in [-0.39, 0.29) is 12.5 Å². The summed E-state index contributed by atoms with van der Waals surface area (Å²) in [5.74, 6) is 0.335. The van der Waals surface area contributed by atoms with Gasteiger partial charge in [0.2, 0.25) is 0 Å². The minimum atomic E-state index is -0.266. The van der Waals surface area contributed by atoms with Crippen molar-refractivity contribution in [3.8, 4) is 11.1 Å². The van der Waals surface area contributed by atoms with Crippen LogP contribution in [0, 0.1) is 6.92 Å². The molecule has 0 aliphatic heterocycles. The number of hydrogen-bond acceptors (Lipinski definition) is 5. The lowest BCUT2D eigenvalue weighted by Crippen LogP contribution is -2.24. The van der Waals surface area contributed by atoms with Gasteiger partial charge in [-0.3, -0.25) is 9.78 Å². The number of pyridine rings is 1. The van der Waals surface area contributed by atoms with Gasteiger partial charge < -0.3 is 15.6 Å². The topological polar surface area (TPSA) is 94.0 Å². The van der Waals surface area contributed by atoms with E-state index in [1.54, 1.807) is 18.3 Å². The standard InChI is InChI=1S/C18H18N4O2/c1-12-8-15(24-22-12)11-21-18(23)17-16(6-3-7-20-17)14-5-2-4-13(9-14)10-19/h2-9H,10-11,19H2,1H3,(H,21,23). The van der Waals surface area contributed by atoms with Gasteiger partial charge in [-0.2, -0.15) is 0 Å². The van der Waals surface area contributed by atoms with E-state index in [9.17, 15) is 4.79 Å². The van der Waals surface area contributed by atoms with Crippen molar-refractivity contribution in [2.45, 2.75) is 20.0 Å². The first-order valence-electron chi connectivity index (χ1n) is 7.62. The van der Waals surface area contributed by atoms with E-state index in [4.69, 9.17) is 10.3 Å². The highest BCUT2D eigenvalue weighted by Crippen LogP contribution is 2.23. The molecule has 0 aliphatic carbocycles. The Morgan fingerprint density at radius 2 is 2.12 bits per heavy atom. The van der Waals surface area contributed by atoms with Crippen molar-refractivity contribution in [3.63, 3.8) is 0 Å². The number of carbonyl (C=O) groups excluding carboxylic acids is 1. The Balaban J connectivity index is 1.84. The summed E-state index contributed by atoms with van der Waals surface area (Å²) in [7, 11) is 0. The van der Waals surface area contributed by atoms with Crippen LogP contribution in [0.3, 0.4) is 0 Å². The number of nitrogens with zero attached hydrogens (tertiary/aromatic N) is 2. The van der Waals surface area contributed by atoms with Gasteiger partial charge in [0.1, 0.15) is 5.69 Å². The van der Waals surface area contributed by atoms with Crippen LogP contribution < -0.4 is 11.1 Å². The van der Waals surface area contributed by atoms with Gasteiger partial charge in [-0.15, -0.1) is 0 Å². The molecule has 24 heavy (non-hydrogen) atoms. The molecule has 3 rings (SSSR count). The molecule has 0 spiro atoms. The third kappa shape index (κ3) is 3.49. The van der Waals surface area contributed by atoms with Crippen molar-refractivity contribution in [1.29, 1.82) is 0 Å². The van der Waals surface area contributed by atoms with Gasteiger partial charge in [-0.1, -0.05) is 29.4 Å². The van der Waals surface area contributed by atoms with E-state index in [0.717, 1.165) is 22.4 Å². The van der Waals surface area contributed by atoms with Crippen LogP contribution in [0.25, 0.3) is 11.1 Å². The zero-order valence-electron chi connectivity index (χ0n) is 13.3. The number of carbonyl (C=O) groups is 1. The molecule has 122 valence electrons. The van der Waals surface area contributed by atoms with E-state index in [0.29, 0.717) is 18.0 Å². The zero-order valence-corrected chi connectivity index (χ0v) is 13.3. The van der Waals surface area contributed by atoms with E-state index in [1.807, 2.05) is 37.3 Å². The highest BCUT2D eigenvalue weighted by atomic mass is 16.5. The van der Waals surface area contributed by atoms with Crippen LogP contribution in [0.4, 0.5) is 0 Å². The Labute approximate surface area is 139 Å². The molecule has 1 amide bonds. The second-order valence-corrected chi connectivity index (χ2v) is 5.42. The smallest absolute Gasteiger partial charge is 0.270 e. The van der Waals surface area contributed by atoms with Crippen molar-refractivity contribution >= 4 is 5.91 Å². The van der Waals surface area contributed by atoms with Crippen LogP contribution >= 0.6 is 0 Å². The molecule has 1 aromatic carbocycles. The van der Waals surface area contributed by atoms with Crippen LogP contribution in [-0.4, -0.2) is 16.0 Å². The highest BCUT2D eigenvalue weighted by molar-refractivity contribution is 5.98. The fourth-order valence-corrected chi connectivity index (χ4v) is 2.44. The van der Waals surface area contributed by atoms with Crippen molar-refractivity contribution in [3.05, 3.63) is 71.4 Å². The summed E-state index contributed by atoms with van der Waals surface area (Å²) in [5, 5.41) is 6.61. The summed E-state index contributed by atoms with van der Waals surface area (Å²) < 4.78 is 5.10. The number of nitrogens with one attached hydrogen (secondary N) is 1. The van der Waals surface area contributed by atoms with Crippen molar-refractivity contribution in [2.75, 3.05) is 0 Å². The predicted octanol–water partition coefficient (Wildman–Crippen LogP) is 2.43. The first-order chi connectivity index (χ1) is 11.7. The third-order valence-electron chi connectivity index (χ3n) is 3.60. The molecule has 0 aliphatic rings. The zero-order chi connectivity index (χ0) is 16.9. The fourth-order valence-electron chi connectivity index (χ4n) is 2.44. The molecule has 0 bridgehead atoms. The van der Waals surface area contributed by atoms with Crippen LogP contribution in [0.1, 0.15) is 27.5 Å². The number of hydrogen-bond donors (Lipinski definition) is 2. The van der Waals surface area contributed by atoms with Crippen LogP contribution in [-0.2, 0) is 13.1 Å². The largest absolute Gasteiger partial charge is 0.359 e. The summed E-state index contributed by atoms with van der Waals surface area (Å²) in [5.41, 5.74) is 9.51. The first-order valence-corrected chi connectivity index (χ1v) is 7.62. The first kappa shape index (κ1) is 15.9. The molecular formula is C18H18N4O2. The molecule has 0 radical (unpaired) electrons. The fraction of sp³-hybridized carbons (Fsp3) is 0.167. The van der Waals surface area contributed by atoms with Crippen molar-refractivity contribution < 1.29 is 9.32 Å². The van der Waals surface area contributed by atoms with Gasteiger partial charge in [0.25, 0.3) is 5.91 Å². The Hall–Kier alpha value is -2.99. The summed E-state index contributed by atoms with van der Waals surface area (Å²) >= 11 is 0. The van der Waals surface area contributed by atoms with Gasteiger partial charge in [-0.05, 0) is 30.2 Å². The Morgan fingerprint density at radius 1 is 1.25 bits per heavy atom. The Kier molecular flexibility index (Phi) is 4.67. The van der Waals surface area contributed by atoms with Gasteiger partial charge in [0, 0.05) is 24.4 Å². The highest BCUT2D eigenvalue weighted by Gasteiger charge is 2.15. The predicted molar refractivity (Wildman–Crippen MR) is 90.0 cm³/mol.